The van der Waals surface area contributed by atoms with Crippen LogP contribution in [0.1, 0.15) is 35.7 Å². The molecular weight excluding hydrogens is 366 g/mol. The van der Waals surface area contributed by atoms with Gasteiger partial charge in [-0.2, -0.15) is 5.10 Å². The average molecular weight is 391 g/mol. The van der Waals surface area contributed by atoms with Crippen molar-refractivity contribution in [1.29, 1.82) is 0 Å². The molecule has 1 amide bonds. The van der Waals surface area contributed by atoms with Crippen LogP contribution in [0.15, 0.2) is 60.8 Å². The van der Waals surface area contributed by atoms with Gasteiger partial charge in [0.25, 0.3) is 5.91 Å². The fourth-order valence-electron chi connectivity index (χ4n) is 2.94. The molecule has 0 saturated heterocycles. The summed E-state index contributed by atoms with van der Waals surface area (Å²) in [6, 6.07) is 17.6. The molecule has 1 aromatic heterocycles. The third-order valence-electron chi connectivity index (χ3n) is 4.45. The standard InChI is InChI=1S/C23H25N3O3/c1-3-29-21(27)10-7-15-24-23(28)20-16-26(19-13-11-17(2)12-14-19)25-22(20)18-8-5-4-6-9-18/h4-6,8-9,11-14,16H,3,7,10,15H2,1-2H3,(H,24,28). The number of rotatable bonds is 8. The second-order valence-corrected chi connectivity index (χ2v) is 6.70. The molecule has 150 valence electrons. The molecule has 0 saturated carbocycles. The molecule has 3 aromatic rings. The van der Waals surface area contributed by atoms with E-state index >= 15 is 0 Å². The Morgan fingerprint density at radius 1 is 1.07 bits per heavy atom. The highest BCUT2D eigenvalue weighted by Gasteiger charge is 2.18. The van der Waals surface area contributed by atoms with E-state index in [2.05, 4.69) is 10.4 Å². The Morgan fingerprint density at radius 2 is 1.79 bits per heavy atom. The summed E-state index contributed by atoms with van der Waals surface area (Å²) in [4.78, 5) is 24.3. The maximum Gasteiger partial charge on any atom is 0.305 e. The molecule has 0 bridgehead atoms. The van der Waals surface area contributed by atoms with Crippen LogP contribution in [0, 0.1) is 6.92 Å². The molecule has 29 heavy (non-hydrogen) atoms. The van der Waals surface area contributed by atoms with Crippen molar-refractivity contribution in [2.75, 3.05) is 13.2 Å². The maximum atomic E-state index is 12.8. The van der Waals surface area contributed by atoms with Crippen LogP contribution in [0.4, 0.5) is 0 Å². The van der Waals surface area contributed by atoms with E-state index < -0.39 is 0 Å². The Hall–Kier alpha value is -3.41. The summed E-state index contributed by atoms with van der Waals surface area (Å²) in [6.07, 6.45) is 2.55. The number of carbonyl (C=O) groups excluding carboxylic acids is 2. The molecule has 1 heterocycles. The van der Waals surface area contributed by atoms with Crippen LogP contribution >= 0.6 is 0 Å². The van der Waals surface area contributed by atoms with Gasteiger partial charge in [0, 0.05) is 24.7 Å². The van der Waals surface area contributed by atoms with Gasteiger partial charge in [0.2, 0.25) is 0 Å². The second-order valence-electron chi connectivity index (χ2n) is 6.70. The van der Waals surface area contributed by atoms with Crippen LogP contribution in [-0.4, -0.2) is 34.8 Å². The number of benzene rings is 2. The number of aryl methyl sites for hydroxylation is 1. The Labute approximate surface area is 170 Å². The number of carbonyl (C=O) groups is 2. The summed E-state index contributed by atoms with van der Waals surface area (Å²) in [5.74, 6) is -0.468. The van der Waals surface area contributed by atoms with Crippen molar-refractivity contribution >= 4 is 11.9 Å². The van der Waals surface area contributed by atoms with Crippen LogP contribution < -0.4 is 5.32 Å². The zero-order valence-electron chi connectivity index (χ0n) is 16.7. The van der Waals surface area contributed by atoms with Crippen molar-refractivity contribution in [3.8, 4) is 16.9 Å². The minimum atomic E-state index is -0.251. The number of hydrogen-bond acceptors (Lipinski definition) is 4. The monoisotopic (exact) mass is 391 g/mol. The summed E-state index contributed by atoms with van der Waals surface area (Å²) in [5, 5.41) is 7.54. The van der Waals surface area contributed by atoms with E-state index in [1.165, 1.54) is 0 Å². The van der Waals surface area contributed by atoms with Crippen LogP contribution in [0.5, 0.6) is 0 Å². The topological polar surface area (TPSA) is 73.2 Å². The molecule has 0 aliphatic heterocycles. The Morgan fingerprint density at radius 3 is 2.48 bits per heavy atom. The molecule has 6 nitrogen and oxygen atoms in total. The number of esters is 1. The van der Waals surface area contributed by atoms with Gasteiger partial charge in [0.15, 0.2) is 0 Å². The van der Waals surface area contributed by atoms with E-state index in [9.17, 15) is 9.59 Å². The quantitative estimate of drug-likeness (QED) is 0.467. The van der Waals surface area contributed by atoms with Crippen molar-refractivity contribution in [3.05, 3.63) is 71.9 Å². The molecule has 0 atom stereocenters. The van der Waals surface area contributed by atoms with Crippen molar-refractivity contribution in [2.24, 2.45) is 0 Å². The highest BCUT2D eigenvalue weighted by Crippen LogP contribution is 2.23. The van der Waals surface area contributed by atoms with Crippen molar-refractivity contribution < 1.29 is 14.3 Å². The largest absolute Gasteiger partial charge is 0.466 e. The van der Waals surface area contributed by atoms with Gasteiger partial charge in [-0.15, -0.1) is 0 Å². The fourth-order valence-corrected chi connectivity index (χ4v) is 2.94. The van der Waals surface area contributed by atoms with E-state index in [1.807, 2.05) is 61.5 Å². The molecule has 0 aliphatic carbocycles. The van der Waals surface area contributed by atoms with Gasteiger partial charge in [0.05, 0.1) is 17.9 Å². The number of aromatic nitrogens is 2. The van der Waals surface area contributed by atoms with Gasteiger partial charge < -0.3 is 10.1 Å². The van der Waals surface area contributed by atoms with Crippen molar-refractivity contribution in [1.82, 2.24) is 15.1 Å². The smallest absolute Gasteiger partial charge is 0.305 e. The van der Waals surface area contributed by atoms with Crippen LogP contribution in [0.25, 0.3) is 16.9 Å². The first kappa shape index (κ1) is 20.3. The lowest BCUT2D eigenvalue weighted by Crippen LogP contribution is -2.25. The minimum Gasteiger partial charge on any atom is -0.466 e. The highest BCUT2D eigenvalue weighted by molar-refractivity contribution is 5.99. The molecule has 0 unspecified atom stereocenters. The molecule has 0 fully saturated rings. The molecule has 1 N–H and O–H groups in total. The number of nitrogens with zero attached hydrogens (tertiary/aromatic N) is 2. The first-order valence-electron chi connectivity index (χ1n) is 9.74. The van der Waals surface area contributed by atoms with Gasteiger partial charge in [-0.25, -0.2) is 4.68 Å². The minimum absolute atomic E-state index is 0.217. The average Bonchev–Trinajstić information content (AvgIpc) is 3.18. The molecule has 0 aliphatic rings. The first-order chi connectivity index (χ1) is 14.1. The molecule has 0 spiro atoms. The van der Waals surface area contributed by atoms with Gasteiger partial charge in [0.1, 0.15) is 5.69 Å². The first-order valence-corrected chi connectivity index (χ1v) is 9.74. The normalized spacial score (nSPS) is 10.6. The van der Waals surface area contributed by atoms with Gasteiger partial charge in [-0.1, -0.05) is 48.0 Å². The number of hydrogen-bond donors (Lipinski definition) is 1. The maximum absolute atomic E-state index is 12.8. The van der Waals surface area contributed by atoms with Crippen LogP contribution in [0.3, 0.4) is 0 Å². The van der Waals surface area contributed by atoms with Crippen molar-refractivity contribution in [2.45, 2.75) is 26.7 Å². The predicted octanol–water partition coefficient (Wildman–Crippen LogP) is 3.92. The lowest BCUT2D eigenvalue weighted by molar-refractivity contribution is -0.143. The van der Waals surface area contributed by atoms with E-state index in [0.29, 0.717) is 30.8 Å². The van der Waals surface area contributed by atoms with Crippen LogP contribution in [-0.2, 0) is 9.53 Å². The molecule has 0 radical (unpaired) electrons. The molecular formula is C23H25N3O3. The SMILES string of the molecule is CCOC(=O)CCCNC(=O)c1cn(-c2ccc(C)cc2)nc1-c1ccccc1. The zero-order chi connectivity index (χ0) is 20.6. The number of ether oxygens (including phenoxy) is 1. The highest BCUT2D eigenvalue weighted by atomic mass is 16.5. The second kappa shape index (κ2) is 9.68. The predicted molar refractivity (Wildman–Crippen MR) is 112 cm³/mol. The van der Waals surface area contributed by atoms with Crippen molar-refractivity contribution in [3.63, 3.8) is 0 Å². The lowest BCUT2D eigenvalue weighted by atomic mass is 10.1. The van der Waals surface area contributed by atoms with Gasteiger partial charge in [-0.3, -0.25) is 9.59 Å². The Kier molecular flexibility index (Phi) is 6.79. The Bertz CT molecular complexity index is 963. The van der Waals surface area contributed by atoms with E-state index in [1.54, 1.807) is 17.8 Å². The van der Waals surface area contributed by atoms with E-state index in [4.69, 9.17) is 4.74 Å². The van der Waals surface area contributed by atoms with Gasteiger partial charge in [-0.05, 0) is 32.4 Å². The summed E-state index contributed by atoms with van der Waals surface area (Å²) >= 11 is 0. The summed E-state index contributed by atoms with van der Waals surface area (Å²) < 4.78 is 6.62. The Balaban J connectivity index is 1.79. The number of nitrogens with one attached hydrogen (secondary N) is 1. The zero-order valence-corrected chi connectivity index (χ0v) is 16.7. The fraction of sp³-hybridized carbons (Fsp3) is 0.261. The number of amides is 1. The third-order valence-corrected chi connectivity index (χ3v) is 4.45. The lowest BCUT2D eigenvalue weighted by Gasteiger charge is -2.05. The molecule has 3 rings (SSSR count). The molecule has 2 aromatic carbocycles. The summed E-state index contributed by atoms with van der Waals surface area (Å²) in [6.45, 7) is 4.55. The third kappa shape index (κ3) is 5.31. The summed E-state index contributed by atoms with van der Waals surface area (Å²) in [7, 11) is 0. The van der Waals surface area contributed by atoms with E-state index in [0.717, 1.165) is 16.8 Å². The van der Waals surface area contributed by atoms with E-state index in [-0.39, 0.29) is 18.3 Å². The van der Waals surface area contributed by atoms with Crippen LogP contribution in [0.2, 0.25) is 0 Å². The summed E-state index contributed by atoms with van der Waals surface area (Å²) in [5.41, 5.74) is 4.02. The molecule has 6 heteroatoms. The van der Waals surface area contributed by atoms with Gasteiger partial charge >= 0.3 is 5.97 Å².